The molecule has 28 heavy (non-hydrogen) atoms. The lowest BCUT2D eigenvalue weighted by molar-refractivity contribution is 0.0751. The van der Waals surface area contributed by atoms with Gasteiger partial charge in [-0.25, -0.2) is 13.9 Å². The molecule has 1 amide bonds. The molecule has 0 radical (unpaired) electrons. The number of rotatable bonds is 3. The summed E-state index contributed by atoms with van der Waals surface area (Å²) in [6.45, 7) is 1.09. The SMILES string of the molecule is N[C@H]1COCC[C@H]1Nc1nc(-c2cnn3ccccc23)c2c(c1F)CNC2=O. The van der Waals surface area contributed by atoms with E-state index in [9.17, 15) is 4.79 Å². The minimum absolute atomic E-state index is 0.0999. The number of aromatic nitrogens is 3. The fourth-order valence-electron chi connectivity index (χ4n) is 3.80. The normalized spacial score (nSPS) is 21.6. The van der Waals surface area contributed by atoms with E-state index < -0.39 is 5.82 Å². The van der Waals surface area contributed by atoms with Crippen LogP contribution in [0.1, 0.15) is 22.3 Å². The molecule has 2 atom stereocenters. The van der Waals surface area contributed by atoms with Crippen LogP contribution in [0, 0.1) is 5.82 Å². The Morgan fingerprint density at radius 1 is 1.39 bits per heavy atom. The summed E-state index contributed by atoms with van der Waals surface area (Å²) in [6, 6.07) is 5.20. The van der Waals surface area contributed by atoms with E-state index in [2.05, 4.69) is 20.7 Å². The Kier molecular flexibility index (Phi) is 3.99. The van der Waals surface area contributed by atoms with Crippen LogP contribution in [-0.2, 0) is 11.3 Å². The number of hydrogen-bond acceptors (Lipinski definition) is 6. The highest BCUT2D eigenvalue weighted by Crippen LogP contribution is 2.35. The zero-order chi connectivity index (χ0) is 19.3. The second-order valence-corrected chi connectivity index (χ2v) is 7.03. The number of carbonyl (C=O) groups excluding carboxylic acids is 1. The molecule has 1 saturated heterocycles. The molecular weight excluding hydrogens is 363 g/mol. The first-order valence-electron chi connectivity index (χ1n) is 9.16. The van der Waals surface area contributed by atoms with Gasteiger partial charge < -0.3 is 21.1 Å². The van der Waals surface area contributed by atoms with E-state index in [0.29, 0.717) is 36.5 Å². The zero-order valence-corrected chi connectivity index (χ0v) is 15.0. The quantitative estimate of drug-likeness (QED) is 0.631. The summed E-state index contributed by atoms with van der Waals surface area (Å²) in [5.74, 6) is -0.754. The molecule has 1 fully saturated rings. The van der Waals surface area contributed by atoms with Crippen molar-refractivity contribution in [2.75, 3.05) is 18.5 Å². The van der Waals surface area contributed by atoms with E-state index >= 15 is 4.39 Å². The molecule has 5 heterocycles. The van der Waals surface area contributed by atoms with E-state index in [1.54, 1.807) is 10.7 Å². The lowest BCUT2D eigenvalue weighted by Crippen LogP contribution is -2.48. The average Bonchev–Trinajstić information content (AvgIpc) is 3.30. The average molecular weight is 382 g/mol. The summed E-state index contributed by atoms with van der Waals surface area (Å²) in [5.41, 5.74) is 8.55. The van der Waals surface area contributed by atoms with Crippen molar-refractivity contribution in [1.29, 1.82) is 0 Å². The summed E-state index contributed by atoms with van der Waals surface area (Å²) < 4.78 is 22.2. The maximum atomic E-state index is 15.2. The van der Waals surface area contributed by atoms with Crippen molar-refractivity contribution in [1.82, 2.24) is 19.9 Å². The van der Waals surface area contributed by atoms with Crippen molar-refractivity contribution < 1.29 is 13.9 Å². The summed E-state index contributed by atoms with van der Waals surface area (Å²) >= 11 is 0. The maximum Gasteiger partial charge on any atom is 0.254 e. The van der Waals surface area contributed by atoms with Gasteiger partial charge in [-0.15, -0.1) is 0 Å². The van der Waals surface area contributed by atoms with Gasteiger partial charge in [0, 0.05) is 42.6 Å². The Hall–Kier alpha value is -3.04. The van der Waals surface area contributed by atoms with Crippen LogP contribution >= 0.6 is 0 Å². The van der Waals surface area contributed by atoms with E-state index in [1.165, 1.54) is 0 Å². The number of nitrogens with two attached hydrogens (primary N) is 1. The number of hydrogen-bond donors (Lipinski definition) is 3. The second-order valence-electron chi connectivity index (χ2n) is 7.03. The van der Waals surface area contributed by atoms with Gasteiger partial charge in [-0.05, 0) is 18.6 Å². The Morgan fingerprint density at radius 3 is 3.14 bits per heavy atom. The van der Waals surface area contributed by atoms with Crippen LogP contribution in [0.5, 0.6) is 0 Å². The zero-order valence-electron chi connectivity index (χ0n) is 15.0. The van der Waals surface area contributed by atoms with Crippen molar-refractivity contribution in [3.05, 3.63) is 47.5 Å². The molecular formula is C19H19FN6O2. The predicted molar refractivity (Wildman–Crippen MR) is 100 cm³/mol. The molecule has 0 saturated carbocycles. The molecule has 144 valence electrons. The predicted octanol–water partition coefficient (Wildman–Crippen LogP) is 1.31. The Morgan fingerprint density at radius 2 is 2.29 bits per heavy atom. The Bertz CT molecular complexity index is 1080. The van der Waals surface area contributed by atoms with Gasteiger partial charge in [0.2, 0.25) is 0 Å². The van der Waals surface area contributed by atoms with Crippen LogP contribution in [0.15, 0.2) is 30.6 Å². The number of pyridine rings is 2. The summed E-state index contributed by atoms with van der Waals surface area (Å²) in [7, 11) is 0. The molecule has 2 aliphatic rings. The van der Waals surface area contributed by atoms with Crippen molar-refractivity contribution >= 4 is 17.2 Å². The van der Waals surface area contributed by atoms with Gasteiger partial charge in [-0.1, -0.05) is 6.07 Å². The van der Waals surface area contributed by atoms with Crippen molar-refractivity contribution in [2.24, 2.45) is 5.73 Å². The summed E-state index contributed by atoms with van der Waals surface area (Å²) in [5, 5.41) is 10.2. The fraction of sp³-hybridized carbons (Fsp3) is 0.316. The molecule has 5 rings (SSSR count). The molecule has 0 aliphatic carbocycles. The van der Waals surface area contributed by atoms with Crippen molar-refractivity contribution in [3.63, 3.8) is 0 Å². The third-order valence-electron chi connectivity index (χ3n) is 5.29. The van der Waals surface area contributed by atoms with Gasteiger partial charge in [0.1, 0.15) is 0 Å². The number of amides is 1. The van der Waals surface area contributed by atoms with Crippen LogP contribution < -0.4 is 16.4 Å². The topological polar surface area (TPSA) is 107 Å². The Labute approximate surface area is 159 Å². The van der Waals surface area contributed by atoms with Crippen LogP contribution in [0.3, 0.4) is 0 Å². The number of carbonyl (C=O) groups is 1. The first-order chi connectivity index (χ1) is 13.6. The number of fused-ring (bicyclic) bond motifs is 2. The van der Waals surface area contributed by atoms with Gasteiger partial charge in [-0.3, -0.25) is 4.79 Å². The maximum absolute atomic E-state index is 15.2. The molecule has 0 aromatic carbocycles. The monoisotopic (exact) mass is 382 g/mol. The van der Waals surface area contributed by atoms with Crippen LogP contribution in [0.25, 0.3) is 16.8 Å². The molecule has 3 aromatic heterocycles. The number of anilines is 1. The smallest absolute Gasteiger partial charge is 0.254 e. The van der Waals surface area contributed by atoms with Gasteiger partial charge in [0.05, 0.1) is 29.6 Å². The fourth-order valence-corrected chi connectivity index (χ4v) is 3.80. The van der Waals surface area contributed by atoms with Gasteiger partial charge in [0.15, 0.2) is 11.6 Å². The lowest BCUT2D eigenvalue weighted by Gasteiger charge is -2.30. The minimum Gasteiger partial charge on any atom is -0.380 e. The highest BCUT2D eigenvalue weighted by molar-refractivity contribution is 6.05. The third-order valence-corrected chi connectivity index (χ3v) is 5.29. The van der Waals surface area contributed by atoms with E-state index in [4.69, 9.17) is 10.5 Å². The van der Waals surface area contributed by atoms with E-state index in [0.717, 1.165) is 5.52 Å². The first-order valence-corrected chi connectivity index (χ1v) is 9.16. The minimum atomic E-state index is -0.521. The van der Waals surface area contributed by atoms with Gasteiger partial charge >= 0.3 is 0 Å². The van der Waals surface area contributed by atoms with Crippen molar-refractivity contribution in [2.45, 2.75) is 25.0 Å². The number of ether oxygens (including phenoxy) is 1. The first kappa shape index (κ1) is 17.1. The lowest BCUT2D eigenvalue weighted by atomic mass is 10.0. The molecule has 2 aliphatic heterocycles. The number of nitrogens with zero attached hydrogens (tertiary/aromatic N) is 3. The van der Waals surface area contributed by atoms with E-state index in [-0.39, 0.29) is 35.9 Å². The third kappa shape index (κ3) is 2.62. The van der Waals surface area contributed by atoms with Crippen LogP contribution in [-0.4, -0.2) is 45.8 Å². The molecule has 3 aromatic rings. The van der Waals surface area contributed by atoms with Gasteiger partial charge in [-0.2, -0.15) is 5.10 Å². The van der Waals surface area contributed by atoms with Crippen LogP contribution in [0.2, 0.25) is 0 Å². The second kappa shape index (κ2) is 6.54. The molecule has 4 N–H and O–H groups in total. The van der Waals surface area contributed by atoms with Crippen molar-refractivity contribution in [3.8, 4) is 11.3 Å². The molecule has 0 bridgehead atoms. The summed E-state index contributed by atoms with van der Waals surface area (Å²) in [4.78, 5) is 16.9. The molecule has 9 heteroatoms. The molecule has 8 nitrogen and oxygen atoms in total. The number of nitrogens with one attached hydrogen (secondary N) is 2. The molecule has 0 spiro atoms. The Balaban J connectivity index is 1.66. The van der Waals surface area contributed by atoms with Gasteiger partial charge in [0.25, 0.3) is 5.91 Å². The summed E-state index contributed by atoms with van der Waals surface area (Å²) in [6.07, 6.45) is 4.11. The van der Waals surface area contributed by atoms with E-state index in [1.807, 2.05) is 24.4 Å². The standard InChI is InChI=1S/C19H19FN6O2/c20-16-11-7-22-19(27)15(11)17(10-8-23-26-5-2-1-3-14(10)26)25-18(16)24-13-4-6-28-9-12(13)21/h1-3,5,8,12-13H,4,6-7,9,21H2,(H,22,27)(H,24,25)/t12-,13+/m0/s1. The molecule has 0 unspecified atom stereocenters. The number of halogens is 1. The highest BCUT2D eigenvalue weighted by Gasteiger charge is 2.32. The largest absolute Gasteiger partial charge is 0.380 e. The van der Waals surface area contributed by atoms with Crippen LogP contribution in [0.4, 0.5) is 10.2 Å². The highest BCUT2D eigenvalue weighted by atomic mass is 19.1.